The van der Waals surface area contributed by atoms with E-state index in [1.807, 2.05) is 69.3 Å². The number of benzene rings is 2. The van der Waals surface area contributed by atoms with E-state index in [-0.39, 0.29) is 18.0 Å². The molecule has 5 rings (SSSR count). The van der Waals surface area contributed by atoms with Crippen molar-refractivity contribution >= 4 is 27.5 Å². The number of carbonyl (C=O) groups is 1. The molecule has 3 aromatic heterocycles. The Labute approximate surface area is 205 Å². The SMILES string of the molecule is Cc1ccc(CNC(=O)Cn2cnc3sc(-c4nc(-c5cccc(C)c5)no4)c(C)c3c2=O)cc1. The largest absolute Gasteiger partial charge is 0.350 e. The van der Waals surface area contributed by atoms with E-state index >= 15 is 0 Å². The maximum absolute atomic E-state index is 13.2. The lowest BCUT2D eigenvalue weighted by atomic mass is 10.1. The first-order chi connectivity index (χ1) is 16.9. The van der Waals surface area contributed by atoms with Crippen LogP contribution in [0.15, 0.2) is 64.2 Å². The lowest BCUT2D eigenvalue weighted by Crippen LogP contribution is -2.32. The minimum atomic E-state index is -0.279. The van der Waals surface area contributed by atoms with Crippen molar-refractivity contribution in [1.82, 2.24) is 25.0 Å². The number of hydrogen-bond donors (Lipinski definition) is 1. The van der Waals surface area contributed by atoms with E-state index in [9.17, 15) is 9.59 Å². The summed E-state index contributed by atoms with van der Waals surface area (Å²) in [5.41, 5.74) is 4.53. The zero-order valence-corrected chi connectivity index (χ0v) is 20.3. The first kappa shape index (κ1) is 22.7. The molecule has 0 radical (unpaired) electrons. The molecule has 0 fully saturated rings. The van der Waals surface area contributed by atoms with E-state index in [1.54, 1.807) is 0 Å². The Bertz CT molecular complexity index is 1600. The maximum Gasteiger partial charge on any atom is 0.268 e. The van der Waals surface area contributed by atoms with Crippen LogP contribution in [0.2, 0.25) is 0 Å². The number of aromatic nitrogens is 4. The van der Waals surface area contributed by atoms with E-state index in [4.69, 9.17) is 4.52 Å². The molecule has 1 amide bonds. The molecule has 8 nitrogen and oxygen atoms in total. The fraction of sp³-hybridized carbons (Fsp3) is 0.192. The molecular formula is C26H23N5O3S. The van der Waals surface area contributed by atoms with Gasteiger partial charge in [0.2, 0.25) is 11.7 Å². The predicted octanol–water partition coefficient (Wildman–Crippen LogP) is 4.42. The molecule has 0 saturated carbocycles. The van der Waals surface area contributed by atoms with Gasteiger partial charge in [0, 0.05) is 12.1 Å². The zero-order chi connectivity index (χ0) is 24.5. The van der Waals surface area contributed by atoms with Crippen LogP contribution in [0.3, 0.4) is 0 Å². The van der Waals surface area contributed by atoms with E-state index in [2.05, 4.69) is 20.4 Å². The summed E-state index contributed by atoms with van der Waals surface area (Å²) >= 11 is 1.32. The molecule has 0 unspecified atom stereocenters. The highest BCUT2D eigenvalue weighted by atomic mass is 32.1. The number of carbonyl (C=O) groups excluding carboxylic acids is 1. The molecule has 0 spiro atoms. The van der Waals surface area contributed by atoms with Crippen LogP contribution < -0.4 is 10.9 Å². The zero-order valence-electron chi connectivity index (χ0n) is 19.5. The fourth-order valence-corrected chi connectivity index (χ4v) is 4.87. The number of amides is 1. The van der Waals surface area contributed by atoms with Gasteiger partial charge in [-0.15, -0.1) is 11.3 Å². The number of thiophene rings is 1. The van der Waals surface area contributed by atoms with E-state index in [1.165, 1.54) is 22.2 Å². The number of fused-ring (bicyclic) bond motifs is 1. The van der Waals surface area contributed by atoms with Crippen LogP contribution in [0.25, 0.3) is 32.4 Å². The van der Waals surface area contributed by atoms with Crippen LogP contribution in [-0.2, 0) is 17.9 Å². The summed E-state index contributed by atoms with van der Waals surface area (Å²) in [6.45, 7) is 6.12. The minimum absolute atomic E-state index is 0.115. The molecule has 35 heavy (non-hydrogen) atoms. The maximum atomic E-state index is 13.2. The molecule has 0 aliphatic carbocycles. The number of aryl methyl sites for hydroxylation is 3. The van der Waals surface area contributed by atoms with Gasteiger partial charge in [0.25, 0.3) is 11.4 Å². The van der Waals surface area contributed by atoms with Crippen LogP contribution >= 0.6 is 11.3 Å². The summed E-state index contributed by atoms with van der Waals surface area (Å²) in [6, 6.07) is 15.8. The predicted molar refractivity (Wildman–Crippen MR) is 135 cm³/mol. The fourth-order valence-electron chi connectivity index (χ4n) is 3.81. The Morgan fingerprint density at radius 1 is 1.09 bits per heavy atom. The molecular weight excluding hydrogens is 462 g/mol. The molecule has 0 aliphatic rings. The average molecular weight is 486 g/mol. The third kappa shape index (κ3) is 4.63. The Morgan fingerprint density at radius 3 is 2.66 bits per heavy atom. The summed E-state index contributed by atoms with van der Waals surface area (Å²) in [4.78, 5) is 35.9. The second-order valence-corrected chi connectivity index (χ2v) is 9.47. The normalized spacial score (nSPS) is 11.2. The Kier molecular flexibility index (Phi) is 6.00. The van der Waals surface area contributed by atoms with Crippen LogP contribution in [0.4, 0.5) is 0 Å². The van der Waals surface area contributed by atoms with Crippen molar-refractivity contribution in [1.29, 1.82) is 0 Å². The molecule has 3 heterocycles. The monoisotopic (exact) mass is 485 g/mol. The topological polar surface area (TPSA) is 103 Å². The van der Waals surface area contributed by atoms with Gasteiger partial charge in [-0.05, 0) is 38.0 Å². The van der Waals surface area contributed by atoms with E-state index < -0.39 is 0 Å². The highest BCUT2D eigenvalue weighted by molar-refractivity contribution is 7.22. The Balaban J connectivity index is 1.38. The van der Waals surface area contributed by atoms with E-state index in [0.717, 1.165) is 22.3 Å². The van der Waals surface area contributed by atoms with Crippen LogP contribution in [0.5, 0.6) is 0 Å². The summed E-state index contributed by atoms with van der Waals surface area (Å²) < 4.78 is 6.84. The standard InChI is InChI=1S/C26H23N5O3S/c1-15-7-9-18(10-8-15)12-27-20(32)13-31-14-28-25-21(26(31)33)17(3)22(35-25)24-29-23(30-34-24)19-6-4-5-16(2)11-19/h4-11,14H,12-13H2,1-3H3,(H,27,32). The number of nitrogens with one attached hydrogen (secondary N) is 1. The lowest BCUT2D eigenvalue weighted by Gasteiger charge is -2.08. The summed E-state index contributed by atoms with van der Waals surface area (Å²) in [7, 11) is 0. The number of hydrogen-bond acceptors (Lipinski definition) is 7. The molecule has 2 aromatic carbocycles. The quantitative estimate of drug-likeness (QED) is 0.382. The smallest absolute Gasteiger partial charge is 0.268 e. The van der Waals surface area contributed by atoms with Crippen LogP contribution in [-0.4, -0.2) is 25.6 Å². The van der Waals surface area contributed by atoms with Crippen molar-refractivity contribution in [3.05, 3.63) is 87.5 Å². The molecule has 0 bridgehead atoms. The number of rotatable bonds is 6. The van der Waals surface area contributed by atoms with E-state index in [0.29, 0.717) is 38.9 Å². The second kappa shape index (κ2) is 9.27. The third-order valence-electron chi connectivity index (χ3n) is 5.74. The van der Waals surface area contributed by atoms with Crippen molar-refractivity contribution in [3.8, 4) is 22.2 Å². The summed E-state index contributed by atoms with van der Waals surface area (Å²) in [6.07, 6.45) is 1.40. The second-order valence-electron chi connectivity index (χ2n) is 8.47. The molecule has 0 saturated heterocycles. The van der Waals surface area contributed by atoms with Crippen molar-refractivity contribution in [2.45, 2.75) is 33.9 Å². The summed E-state index contributed by atoms with van der Waals surface area (Å²) in [5.74, 6) is 0.557. The highest BCUT2D eigenvalue weighted by Crippen LogP contribution is 2.35. The highest BCUT2D eigenvalue weighted by Gasteiger charge is 2.21. The van der Waals surface area contributed by atoms with Crippen molar-refractivity contribution in [2.24, 2.45) is 0 Å². The van der Waals surface area contributed by atoms with Gasteiger partial charge in [0.15, 0.2) is 0 Å². The first-order valence-corrected chi connectivity index (χ1v) is 11.9. The number of nitrogens with zero attached hydrogens (tertiary/aromatic N) is 4. The molecule has 1 N–H and O–H groups in total. The third-order valence-corrected chi connectivity index (χ3v) is 6.93. The summed E-state index contributed by atoms with van der Waals surface area (Å²) in [5, 5.41) is 7.41. The van der Waals surface area contributed by atoms with Crippen LogP contribution in [0, 0.1) is 20.8 Å². The molecule has 0 atom stereocenters. The van der Waals surface area contributed by atoms with Gasteiger partial charge in [-0.2, -0.15) is 4.98 Å². The molecule has 5 aromatic rings. The van der Waals surface area contributed by atoms with Gasteiger partial charge >= 0.3 is 0 Å². The Morgan fingerprint density at radius 2 is 1.89 bits per heavy atom. The lowest BCUT2D eigenvalue weighted by molar-refractivity contribution is -0.121. The van der Waals surface area contributed by atoms with Crippen molar-refractivity contribution < 1.29 is 9.32 Å². The van der Waals surface area contributed by atoms with Crippen molar-refractivity contribution in [3.63, 3.8) is 0 Å². The molecule has 9 heteroatoms. The first-order valence-electron chi connectivity index (χ1n) is 11.1. The molecule has 0 aliphatic heterocycles. The minimum Gasteiger partial charge on any atom is -0.350 e. The van der Waals surface area contributed by atoms with Crippen molar-refractivity contribution in [2.75, 3.05) is 0 Å². The van der Waals surface area contributed by atoms with Gasteiger partial charge in [0.05, 0.1) is 16.6 Å². The van der Waals surface area contributed by atoms with Gasteiger partial charge in [0.1, 0.15) is 11.4 Å². The Hall–Kier alpha value is -4.11. The van der Waals surface area contributed by atoms with Gasteiger partial charge in [-0.25, -0.2) is 4.98 Å². The average Bonchev–Trinajstić information content (AvgIpc) is 3.46. The van der Waals surface area contributed by atoms with Gasteiger partial charge in [-0.3, -0.25) is 14.2 Å². The molecule has 176 valence electrons. The van der Waals surface area contributed by atoms with Crippen LogP contribution in [0.1, 0.15) is 22.3 Å². The van der Waals surface area contributed by atoms with Gasteiger partial charge in [-0.1, -0.05) is 58.7 Å². The van der Waals surface area contributed by atoms with Gasteiger partial charge < -0.3 is 9.84 Å².